The molecule has 0 fully saturated rings. The summed E-state index contributed by atoms with van der Waals surface area (Å²) in [5.74, 6) is 0.310. The van der Waals surface area contributed by atoms with Gasteiger partial charge in [0.15, 0.2) is 0 Å². The summed E-state index contributed by atoms with van der Waals surface area (Å²) in [6.07, 6.45) is 6.12. The number of hydrogen-bond donors (Lipinski definition) is 1. The van der Waals surface area contributed by atoms with E-state index in [1.165, 1.54) is 11.6 Å². The van der Waals surface area contributed by atoms with Crippen LogP contribution in [0.1, 0.15) is 19.4 Å². The molecule has 1 aliphatic heterocycles. The summed E-state index contributed by atoms with van der Waals surface area (Å²) in [6.45, 7) is 3.83. The van der Waals surface area contributed by atoms with E-state index in [4.69, 9.17) is 9.84 Å². The highest BCUT2D eigenvalue weighted by molar-refractivity contribution is 5.81. The van der Waals surface area contributed by atoms with E-state index in [2.05, 4.69) is 6.07 Å². The first-order chi connectivity index (χ1) is 9.06. The molecule has 1 aromatic carbocycles. The number of aliphatic carboxylic acids is 1. The number of rotatable bonds is 3. The van der Waals surface area contributed by atoms with Gasteiger partial charge in [-0.15, -0.1) is 0 Å². The molecule has 1 aromatic rings. The van der Waals surface area contributed by atoms with Crippen LogP contribution >= 0.6 is 0 Å². The van der Waals surface area contributed by atoms with Gasteiger partial charge in [0.1, 0.15) is 11.9 Å². The molecule has 2 atom stereocenters. The van der Waals surface area contributed by atoms with Crippen LogP contribution in [-0.4, -0.2) is 17.2 Å². The molecule has 1 aliphatic rings. The van der Waals surface area contributed by atoms with Gasteiger partial charge in [-0.25, -0.2) is 4.79 Å². The first-order valence-corrected chi connectivity index (χ1v) is 6.40. The number of fused-ring (bicyclic) bond motifs is 1. The van der Waals surface area contributed by atoms with Crippen LogP contribution in [0.5, 0.6) is 5.75 Å². The number of benzene rings is 1. The molecular formula is C16H18O3. The average molecular weight is 258 g/mol. The third-order valence-electron chi connectivity index (χ3n) is 3.30. The van der Waals surface area contributed by atoms with Crippen molar-refractivity contribution in [2.24, 2.45) is 5.92 Å². The minimum absolute atomic E-state index is 0.101. The Hall–Kier alpha value is -2.03. The fourth-order valence-corrected chi connectivity index (χ4v) is 2.24. The third kappa shape index (κ3) is 3.47. The van der Waals surface area contributed by atoms with Gasteiger partial charge in [-0.3, -0.25) is 0 Å². The molecule has 2 unspecified atom stereocenters. The lowest BCUT2D eigenvalue weighted by Crippen LogP contribution is -2.28. The van der Waals surface area contributed by atoms with Crippen molar-refractivity contribution in [3.8, 4) is 5.75 Å². The molecule has 0 spiro atoms. The van der Waals surface area contributed by atoms with Crippen molar-refractivity contribution < 1.29 is 14.6 Å². The number of carbonyl (C=O) groups is 1. The Morgan fingerprint density at radius 3 is 2.89 bits per heavy atom. The van der Waals surface area contributed by atoms with E-state index in [1.54, 1.807) is 6.92 Å². The topological polar surface area (TPSA) is 46.5 Å². The maximum absolute atomic E-state index is 10.6. The smallest absolute Gasteiger partial charge is 0.328 e. The molecule has 0 aliphatic carbocycles. The highest BCUT2D eigenvalue weighted by Crippen LogP contribution is 2.31. The van der Waals surface area contributed by atoms with Crippen LogP contribution in [0.2, 0.25) is 0 Å². The van der Waals surface area contributed by atoms with E-state index in [1.807, 2.05) is 37.3 Å². The van der Waals surface area contributed by atoms with Crippen molar-refractivity contribution in [1.29, 1.82) is 0 Å². The van der Waals surface area contributed by atoms with E-state index < -0.39 is 5.97 Å². The predicted octanol–water partition coefficient (Wildman–Crippen LogP) is 3.21. The number of hydrogen-bond acceptors (Lipinski definition) is 2. The van der Waals surface area contributed by atoms with Crippen LogP contribution < -0.4 is 4.74 Å². The van der Waals surface area contributed by atoms with Crippen LogP contribution in [0.3, 0.4) is 0 Å². The summed E-state index contributed by atoms with van der Waals surface area (Å²) in [7, 11) is 0. The van der Waals surface area contributed by atoms with Gasteiger partial charge < -0.3 is 9.84 Å². The summed E-state index contributed by atoms with van der Waals surface area (Å²) in [5.41, 5.74) is 1.94. The Morgan fingerprint density at radius 1 is 1.42 bits per heavy atom. The Balaban J connectivity index is 2.11. The molecule has 3 heteroatoms. The van der Waals surface area contributed by atoms with E-state index >= 15 is 0 Å². The second kappa shape index (κ2) is 5.74. The number of allylic oxidation sites excluding steroid dienone is 2. The van der Waals surface area contributed by atoms with Crippen molar-refractivity contribution in [3.63, 3.8) is 0 Å². The Labute approximate surface area is 113 Å². The molecule has 3 nitrogen and oxygen atoms in total. The van der Waals surface area contributed by atoms with Crippen LogP contribution in [0.25, 0.3) is 0 Å². The van der Waals surface area contributed by atoms with E-state index in [0.29, 0.717) is 0 Å². The van der Waals surface area contributed by atoms with Gasteiger partial charge in [0.25, 0.3) is 0 Å². The van der Waals surface area contributed by atoms with Gasteiger partial charge >= 0.3 is 5.97 Å². The molecule has 0 radical (unpaired) electrons. The van der Waals surface area contributed by atoms with Gasteiger partial charge in [-0.1, -0.05) is 30.4 Å². The molecule has 0 saturated carbocycles. The highest BCUT2D eigenvalue weighted by atomic mass is 16.5. The Kier molecular flexibility index (Phi) is 4.05. The van der Waals surface area contributed by atoms with Crippen molar-refractivity contribution >= 4 is 5.97 Å². The Bertz CT molecular complexity index is 529. The lowest BCUT2D eigenvalue weighted by Gasteiger charge is -2.29. The van der Waals surface area contributed by atoms with Gasteiger partial charge in [0.05, 0.1) is 0 Å². The summed E-state index contributed by atoms with van der Waals surface area (Å²) >= 11 is 0. The molecular weight excluding hydrogens is 240 g/mol. The molecule has 2 rings (SSSR count). The monoisotopic (exact) mass is 258 g/mol. The van der Waals surface area contributed by atoms with Crippen LogP contribution in [0.4, 0.5) is 0 Å². The van der Waals surface area contributed by atoms with Crippen molar-refractivity contribution in [1.82, 2.24) is 0 Å². The summed E-state index contributed by atoms with van der Waals surface area (Å²) in [5, 5.41) is 8.67. The predicted molar refractivity (Wildman–Crippen MR) is 74.3 cm³/mol. The van der Waals surface area contributed by atoms with E-state index in [0.717, 1.165) is 17.7 Å². The van der Waals surface area contributed by atoms with Gasteiger partial charge in [-0.2, -0.15) is 0 Å². The van der Waals surface area contributed by atoms with Crippen LogP contribution in [0.15, 0.2) is 48.1 Å². The normalized spacial score (nSPS) is 22.9. The largest absolute Gasteiger partial charge is 0.490 e. The number of carboxylic acids is 1. The first-order valence-electron chi connectivity index (χ1n) is 6.40. The lowest BCUT2D eigenvalue weighted by atomic mass is 9.90. The average Bonchev–Trinajstić information content (AvgIpc) is 2.35. The van der Waals surface area contributed by atoms with E-state index in [-0.39, 0.29) is 12.0 Å². The zero-order chi connectivity index (χ0) is 13.8. The molecule has 0 aromatic heterocycles. The zero-order valence-electron chi connectivity index (χ0n) is 11.2. The fraction of sp³-hybridized carbons (Fsp3) is 0.312. The number of carboxylic acid groups (broad SMARTS) is 1. The minimum Gasteiger partial charge on any atom is -0.490 e. The first kappa shape index (κ1) is 13.4. The van der Waals surface area contributed by atoms with Crippen LogP contribution in [0, 0.1) is 5.92 Å². The van der Waals surface area contributed by atoms with Crippen molar-refractivity contribution in [2.45, 2.75) is 26.4 Å². The van der Waals surface area contributed by atoms with Crippen molar-refractivity contribution in [3.05, 3.63) is 53.6 Å². The number of ether oxygens (including phenoxy) is 1. The van der Waals surface area contributed by atoms with Crippen molar-refractivity contribution in [2.75, 3.05) is 0 Å². The molecule has 1 heterocycles. The minimum atomic E-state index is -0.916. The molecule has 1 N–H and O–H groups in total. The second-order valence-electron chi connectivity index (χ2n) is 4.88. The van der Waals surface area contributed by atoms with Gasteiger partial charge in [-0.05, 0) is 37.5 Å². The molecule has 0 amide bonds. The highest BCUT2D eigenvalue weighted by Gasteiger charge is 2.24. The zero-order valence-corrected chi connectivity index (χ0v) is 11.2. The quantitative estimate of drug-likeness (QED) is 0.669. The third-order valence-corrected chi connectivity index (χ3v) is 3.30. The van der Waals surface area contributed by atoms with Gasteiger partial charge in [0, 0.05) is 12.0 Å². The van der Waals surface area contributed by atoms with Gasteiger partial charge in [0.2, 0.25) is 0 Å². The van der Waals surface area contributed by atoms with E-state index in [9.17, 15) is 4.79 Å². The molecule has 0 saturated heterocycles. The molecule has 0 bridgehead atoms. The maximum atomic E-state index is 10.6. The summed E-state index contributed by atoms with van der Waals surface area (Å²) in [6, 6.07) is 8.04. The number of para-hydroxylation sites is 1. The SMILES string of the molecule is CC(/C=C/C1Cc2ccccc2OC1C)=C\C(=O)O. The maximum Gasteiger partial charge on any atom is 0.328 e. The fourth-order valence-electron chi connectivity index (χ4n) is 2.24. The Morgan fingerprint density at radius 2 is 2.16 bits per heavy atom. The summed E-state index contributed by atoms with van der Waals surface area (Å²) in [4.78, 5) is 10.6. The molecule has 19 heavy (non-hydrogen) atoms. The van der Waals surface area contributed by atoms with Crippen LogP contribution in [-0.2, 0) is 11.2 Å². The molecule has 100 valence electrons. The lowest BCUT2D eigenvalue weighted by molar-refractivity contribution is -0.131. The summed E-state index contributed by atoms with van der Waals surface area (Å²) < 4.78 is 5.87. The second-order valence-corrected chi connectivity index (χ2v) is 4.88. The standard InChI is InChI=1S/C16H18O3/c1-11(9-16(17)18)7-8-13-10-14-5-3-4-6-15(14)19-12(13)2/h3-9,12-13H,10H2,1-2H3,(H,17,18)/b8-7+,11-9+.